The normalized spacial score (nSPS) is 24.4. The fourth-order valence-corrected chi connectivity index (χ4v) is 3.65. The summed E-state index contributed by atoms with van der Waals surface area (Å²) in [6.07, 6.45) is -0.235. The van der Waals surface area contributed by atoms with Crippen LogP contribution in [0.1, 0.15) is 13.8 Å². The molecule has 1 heterocycles. The van der Waals surface area contributed by atoms with Gasteiger partial charge in [0, 0.05) is 13.1 Å². The molecule has 0 aliphatic carbocycles. The van der Waals surface area contributed by atoms with Gasteiger partial charge in [-0.15, -0.1) is 0 Å². The first-order valence-corrected chi connectivity index (χ1v) is 7.92. The van der Waals surface area contributed by atoms with Gasteiger partial charge >= 0.3 is 10.2 Å². The van der Waals surface area contributed by atoms with Gasteiger partial charge in [0.2, 0.25) is 0 Å². The monoisotopic (exact) mass is 300 g/mol. The van der Waals surface area contributed by atoms with Crippen molar-refractivity contribution in [2.24, 2.45) is 0 Å². The number of nitrogens with zero attached hydrogens (tertiary/aromatic N) is 1. The number of para-hydroxylation sites is 2. The third-order valence-corrected chi connectivity index (χ3v) is 4.53. The Hall–Kier alpha value is -1.31. The summed E-state index contributed by atoms with van der Waals surface area (Å²) in [5.74, 6) is 0.491. The minimum absolute atomic E-state index is 0.118. The standard InChI is InChI=1S/C13H20N2O4S/c1-10-8-15(9-11(2)19-10)20(16,17)14-12-6-4-5-7-13(12)18-3/h4-7,10-11,14H,8-9H2,1-3H3/t10-,11-/m0/s1. The molecule has 20 heavy (non-hydrogen) atoms. The van der Waals surface area contributed by atoms with Crippen LogP contribution in [0.2, 0.25) is 0 Å². The van der Waals surface area contributed by atoms with Gasteiger partial charge in [0.1, 0.15) is 5.75 Å². The molecule has 2 rings (SSSR count). The minimum atomic E-state index is -3.61. The molecule has 0 unspecified atom stereocenters. The van der Waals surface area contributed by atoms with Gasteiger partial charge in [0.05, 0.1) is 25.0 Å². The molecule has 7 heteroatoms. The molecule has 2 atom stereocenters. The first-order chi connectivity index (χ1) is 9.42. The summed E-state index contributed by atoms with van der Waals surface area (Å²) in [7, 11) is -2.11. The average molecular weight is 300 g/mol. The van der Waals surface area contributed by atoms with Crippen LogP contribution >= 0.6 is 0 Å². The van der Waals surface area contributed by atoms with Crippen molar-refractivity contribution in [2.75, 3.05) is 24.9 Å². The molecule has 0 radical (unpaired) electrons. The van der Waals surface area contributed by atoms with Gasteiger partial charge in [-0.25, -0.2) is 0 Å². The zero-order chi connectivity index (χ0) is 14.8. The maximum atomic E-state index is 12.4. The van der Waals surface area contributed by atoms with E-state index in [0.717, 1.165) is 0 Å². The molecule has 112 valence electrons. The van der Waals surface area contributed by atoms with Gasteiger partial charge in [0.25, 0.3) is 0 Å². The molecule has 0 spiro atoms. The van der Waals surface area contributed by atoms with Crippen molar-refractivity contribution in [3.63, 3.8) is 0 Å². The van der Waals surface area contributed by atoms with Crippen LogP contribution in [0, 0.1) is 0 Å². The van der Waals surface area contributed by atoms with Crippen LogP contribution < -0.4 is 9.46 Å². The highest BCUT2D eigenvalue weighted by atomic mass is 32.2. The zero-order valence-electron chi connectivity index (χ0n) is 11.9. The van der Waals surface area contributed by atoms with E-state index < -0.39 is 10.2 Å². The van der Waals surface area contributed by atoms with E-state index in [1.807, 2.05) is 13.8 Å². The quantitative estimate of drug-likeness (QED) is 0.914. The molecule has 1 aliphatic rings. The number of methoxy groups -OCH3 is 1. The number of benzene rings is 1. The molecular formula is C13H20N2O4S. The lowest BCUT2D eigenvalue weighted by Crippen LogP contribution is -2.49. The Kier molecular flexibility index (Phi) is 4.52. The van der Waals surface area contributed by atoms with Crippen LogP contribution in [-0.4, -0.2) is 45.1 Å². The minimum Gasteiger partial charge on any atom is -0.495 e. The molecule has 1 N–H and O–H groups in total. The van der Waals surface area contributed by atoms with Crippen molar-refractivity contribution in [3.05, 3.63) is 24.3 Å². The highest BCUT2D eigenvalue weighted by Gasteiger charge is 2.31. The molecule has 0 bridgehead atoms. The van der Waals surface area contributed by atoms with E-state index in [0.29, 0.717) is 24.5 Å². The summed E-state index contributed by atoms with van der Waals surface area (Å²) in [6, 6.07) is 6.92. The SMILES string of the molecule is COc1ccccc1NS(=O)(=O)N1C[C@H](C)O[C@@H](C)C1. The summed E-state index contributed by atoms with van der Waals surface area (Å²) in [5.41, 5.74) is 0.432. The maximum absolute atomic E-state index is 12.4. The number of ether oxygens (including phenoxy) is 2. The lowest BCUT2D eigenvalue weighted by molar-refractivity contribution is -0.0439. The Morgan fingerprint density at radius 3 is 2.45 bits per heavy atom. The Morgan fingerprint density at radius 1 is 1.25 bits per heavy atom. The Balaban J connectivity index is 2.18. The molecule has 1 aliphatic heterocycles. The Morgan fingerprint density at radius 2 is 1.85 bits per heavy atom. The molecule has 1 fully saturated rings. The molecule has 0 amide bonds. The van der Waals surface area contributed by atoms with Crippen molar-refractivity contribution in [1.29, 1.82) is 0 Å². The van der Waals surface area contributed by atoms with E-state index in [1.54, 1.807) is 24.3 Å². The second-order valence-electron chi connectivity index (χ2n) is 4.88. The average Bonchev–Trinajstić information content (AvgIpc) is 2.38. The first kappa shape index (κ1) is 15.1. The van der Waals surface area contributed by atoms with E-state index in [4.69, 9.17) is 9.47 Å². The van der Waals surface area contributed by atoms with Gasteiger partial charge in [-0.05, 0) is 26.0 Å². The second-order valence-corrected chi connectivity index (χ2v) is 6.55. The fraction of sp³-hybridized carbons (Fsp3) is 0.538. The van der Waals surface area contributed by atoms with Crippen molar-refractivity contribution in [3.8, 4) is 5.75 Å². The summed E-state index contributed by atoms with van der Waals surface area (Å²) >= 11 is 0. The maximum Gasteiger partial charge on any atom is 0.301 e. The van der Waals surface area contributed by atoms with Crippen molar-refractivity contribution in [1.82, 2.24) is 4.31 Å². The highest BCUT2D eigenvalue weighted by molar-refractivity contribution is 7.90. The number of nitrogens with one attached hydrogen (secondary N) is 1. The Labute approximate surface area is 119 Å². The largest absolute Gasteiger partial charge is 0.495 e. The molecule has 0 saturated carbocycles. The molecular weight excluding hydrogens is 280 g/mol. The number of anilines is 1. The van der Waals surface area contributed by atoms with E-state index in [2.05, 4.69) is 4.72 Å². The topological polar surface area (TPSA) is 67.9 Å². The summed E-state index contributed by atoms with van der Waals surface area (Å²) in [6.45, 7) is 4.41. The van der Waals surface area contributed by atoms with Crippen LogP contribution in [0.5, 0.6) is 5.75 Å². The molecule has 0 aromatic heterocycles. The predicted molar refractivity (Wildman–Crippen MR) is 77.1 cm³/mol. The smallest absolute Gasteiger partial charge is 0.301 e. The Bertz CT molecular complexity index is 551. The second kappa shape index (κ2) is 5.99. The van der Waals surface area contributed by atoms with Crippen LogP contribution in [0.25, 0.3) is 0 Å². The van der Waals surface area contributed by atoms with Crippen molar-refractivity contribution < 1.29 is 17.9 Å². The molecule has 1 saturated heterocycles. The third kappa shape index (κ3) is 3.41. The lowest BCUT2D eigenvalue weighted by Gasteiger charge is -2.34. The number of hydrogen-bond acceptors (Lipinski definition) is 4. The van der Waals surface area contributed by atoms with Crippen molar-refractivity contribution >= 4 is 15.9 Å². The van der Waals surface area contributed by atoms with Gasteiger partial charge in [0.15, 0.2) is 0 Å². The molecule has 1 aromatic rings. The van der Waals surface area contributed by atoms with E-state index in [9.17, 15) is 8.42 Å². The van der Waals surface area contributed by atoms with Crippen LogP contribution in [-0.2, 0) is 14.9 Å². The van der Waals surface area contributed by atoms with Crippen molar-refractivity contribution in [2.45, 2.75) is 26.1 Å². The zero-order valence-corrected chi connectivity index (χ0v) is 12.7. The predicted octanol–water partition coefficient (Wildman–Crippen LogP) is 1.46. The van der Waals surface area contributed by atoms with E-state index in [1.165, 1.54) is 11.4 Å². The highest BCUT2D eigenvalue weighted by Crippen LogP contribution is 2.25. The molecule has 6 nitrogen and oxygen atoms in total. The number of hydrogen-bond donors (Lipinski definition) is 1. The first-order valence-electron chi connectivity index (χ1n) is 6.48. The number of rotatable bonds is 4. The van der Waals surface area contributed by atoms with Gasteiger partial charge < -0.3 is 9.47 Å². The van der Waals surface area contributed by atoms with Crippen LogP contribution in [0.3, 0.4) is 0 Å². The number of morpholine rings is 1. The summed E-state index contributed by atoms with van der Waals surface area (Å²) in [5, 5.41) is 0. The van der Waals surface area contributed by atoms with Crippen LogP contribution in [0.15, 0.2) is 24.3 Å². The van der Waals surface area contributed by atoms with Gasteiger partial charge in [-0.1, -0.05) is 12.1 Å². The van der Waals surface area contributed by atoms with Crippen LogP contribution in [0.4, 0.5) is 5.69 Å². The van der Waals surface area contributed by atoms with E-state index >= 15 is 0 Å². The fourth-order valence-electron chi connectivity index (χ4n) is 2.26. The van der Waals surface area contributed by atoms with Gasteiger partial charge in [-0.3, -0.25) is 4.72 Å². The van der Waals surface area contributed by atoms with E-state index in [-0.39, 0.29) is 12.2 Å². The summed E-state index contributed by atoms with van der Waals surface area (Å²) < 4.78 is 39.5. The molecule has 1 aromatic carbocycles. The third-order valence-electron chi connectivity index (χ3n) is 3.07. The lowest BCUT2D eigenvalue weighted by atomic mass is 10.3. The summed E-state index contributed by atoms with van der Waals surface area (Å²) in [4.78, 5) is 0. The van der Waals surface area contributed by atoms with Gasteiger partial charge in [-0.2, -0.15) is 12.7 Å².